The largest absolute Gasteiger partial charge is 0.432 e. The highest BCUT2D eigenvalue weighted by Gasteiger charge is 2.21. The summed E-state index contributed by atoms with van der Waals surface area (Å²) < 4.78 is 5.42. The van der Waals surface area contributed by atoms with E-state index in [0.29, 0.717) is 12.6 Å². The normalized spacial score (nSPS) is 15.8. The molecule has 0 unspecified atom stereocenters. The smallest absolute Gasteiger partial charge is 0.297 e. The molecule has 0 amide bonds. The van der Waals surface area contributed by atoms with Crippen LogP contribution in [0, 0.1) is 0 Å². The van der Waals surface area contributed by atoms with E-state index in [1.54, 1.807) is 18.7 Å². The van der Waals surface area contributed by atoms with Crippen LogP contribution in [0.4, 0.5) is 12.0 Å². The monoisotopic (exact) mass is 260 g/mol. The average molecular weight is 260 g/mol. The number of piperazine rings is 1. The van der Waals surface area contributed by atoms with Crippen LogP contribution in [0.1, 0.15) is 5.69 Å². The lowest BCUT2D eigenvalue weighted by Gasteiger charge is -2.33. The molecule has 19 heavy (non-hydrogen) atoms. The molecule has 0 bridgehead atoms. The van der Waals surface area contributed by atoms with Gasteiger partial charge in [-0.3, -0.25) is 0 Å². The van der Waals surface area contributed by atoms with Crippen molar-refractivity contribution in [3.63, 3.8) is 0 Å². The van der Waals surface area contributed by atoms with Gasteiger partial charge in [-0.1, -0.05) is 0 Å². The summed E-state index contributed by atoms with van der Waals surface area (Å²) in [5, 5.41) is 0. The maximum Gasteiger partial charge on any atom is 0.297 e. The van der Waals surface area contributed by atoms with Gasteiger partial charge in [0.1, 0.15) is 6.26 Å². The Kier molecular flexibility index (Phi) is 3.28. The van der Waals surface area contributed by atoms with Crippen molar-refractivity contribution in [2.24, 2.45) is 5.73 Å². The van der Waals surface area contributed by atoms with Gasteiger partial charge in [0.2, 0.25) is 5.95 Å². The van der Waals surface area contributed by atoms with Gasteiger partial charge in [-0.05, 0) is 6.07 Å². The van der Waals surface area contributed by atoms with Crippen LogP contribution in [0.3, 0.4) is 0 Å². The zero-order valence-electron chi connectivity index (χ0n) is 10.6. The summed E-state index contributed by atoms with van der Waals surface area (Å²) >= 11 is 0. The highest BCUT2D eigenvalue weighted by Crippen LogP contribution is 2.17. The maximum absolute atomic E-state index is 5.52. The minimum absolute atomic E-state index is 0.404. The molecule has 0 spiro atoms. The molecule has 3 rings (SSSR count). The molecular formula is C12H16N6O. The molecule has 2 aromatic heterocycles. The zero-order chi connectivity index (χ0) is 13.1. The quantitative estimate of drug-likeness (QED) is 0.846. The summed E-state index contributed by atoms with van der Waals surface area (Å²) in [7, 11) is 0. The molecule has 1 aliphatic heterocycles. The van der Waals surface area contributed by atoms with Crippen LogP contribution in [0.25, 0.3) is 0 Å². The fraction of sp³-hybridized carbons (Fsp3) is 0.417. The lowest BCUT2D eigenvalue weighted by Crippen LogP contribution is -2.47. The predicted octanol–water partition coefficient (Wildman–Crippen LogP) is 0.250. The Labute approximate surface area is 111 Å². The number of anilines is 2. The Morgan fingerprint density at radius 1 is 1.11 bits per heavy atom. The van der Waals surface area contributed by atoms with Crippen molar-refractivity contribution in [3.8, 4) is 0 Å². The van der Waals surface area contributed by atoms with Gasteiger partial charge in [-0.15, -0.1) is 0 Å². The van der Waals surface area contributed by atoms with Crippen molar-refractivity contribution < 1.29 is 4.42 Å². The number of oxazole rings is 1. The van der Waals surface area contributed by atoms with E-state index in [-0.39, 0.29) is 0 Å². The van der Waals surface area contributed by atoms with Crippen molar-refractivity contribution in [2.75, 3.05) is 36.0 Å². The first-order valence-electron chi connectivity index (χ1n) is 6.28. The highest BCUT2D eigenvalue weighted by molar-refractivity contribution is 5.35. The Bertz CT molecular complexity index is 520. The van der Waals surface area contributed by atoms with Crippen molar-refractivity contribution in [3.05, 3.63) is 30.4 Å². The number of aromatic nitrogens is 3. The van der Waals surface area contributed by atoms with E-state index >= 15 is 0 Å². The maximum atomic E-state index is 5.52. The van der Waals surface area contributed by atoms with Crippen LogP contribution in [-0.4, -0.2) is 41.1 Å². The Morgan fingerprint density at radius 3 is 2.42 bits per heavy atom. The number of nitrogens with zero attached hydrogens (tertiary/aromatic N) is 5. The second-order valence-corrected chi connectivity index (χ2v) is 4.35. The highest BCUT2D eigenvalue weighted by atomic mass is 16.4. The molecule has 0 aliphatic carbocycles. The zero-order valence-corrected chi connectivity index (χ0v) is 10.6. The molecule has 2 N–H and O–H groups in total. The lowest BCUT2D eigenvalue weighted by atomic mass is 10.3. The number of hydrogen-bond acceptors (Lipinski definition) is 7. The Hall–Kier alpha value is -2.15. The molecule has 0 aromatic carbocycles. The Morgan fingerprint density at radius 2 is 1.79 bits per heavy atom. The molecule has 2 aromatic rings. The Balaban J connectivity index is 1.63. The van der Waals surface area contributed by atoms with Gasteiger partial charge in [0.05, 0.1) is 5.69 Å². The van der Waals surface area contributed by atoms with E-state index in [4.69, 9.17) is 10.2 Å². The van der Waals surface area contributed by atoms with Gasteiger partial charge < -0.3 is 20.0 Å². The van der Waals surface area contributed by atoms with E-state index in [0.717, 1.165) is 37.8 Å². The number of rotatable bonds is 3. The molecule has 1 aliphatic rings. The minimum atomic E-state index is 0.404. The minimum Gasteiger partial charge on any atom is -0.432 e. The van der Waals surface area contributed by atoms with Gasteiger partial charge in [0, 0.05) is 45.1 Å². The fourth-order valence-corrected chi connectivity index (χ4v) is 2.09. The first-order valence-corrected chi connectivity index (χ1v) is 6.28. The lowest BCUT2D eigenvalue weighted by molar-refractivity contribution is 0.514. The van der Waals surface area contributed by atoms with Gasteiger partial charge in [-0.25, -0.2) is 9.97 Å². The standard InChI is InChI=1S/C12H16N6O/c13-8-10-9-19-12(16-10)18-6-4-17(5-7-18)11-14-2-1-3-15-11/h1-3,9H,4-8,13H2. The molecular weight excluding hydrogens is 244 g/mol. The molecule has 0 atom stereocenters. The molecule has 0 saturated carbocycles. The van der Waals surface area contributed by atoms with E-state index in [1.165, 1.54) is 0 Å². The molecule has 7 heteroatoms. The van der Waals surface area contributed by atoms with Crippen LogP contribution in [0.15, 0.2) is 29.1 Å². The third-order valence-corrected chi connectivity index (χ3v) is 3.13. The van der Waals surface area contributed by atoms with Crippen molar-refractivity contribution in [2.45, 2.75) is 6.54 Å². The molecule has 1 fully saturated rings. The summed E-state index contributed by atoms with van der Waals surface area (Å²) in [5.41, 5.74) is 6.31. The summed E-state index contributed by atoms with van der Waals surface area (Å²) in [6.45, 7) is 3.78. The van der Waals surface area contributed by atoms with Crippen LogP contribution in [0.2, 0.25) is 0 Å². The summed E-state index contributed by atoms with van der Waals surface area (Å²) in [4.78, 5) is 17.1. The third kappa shape index (κ3) is 2.50. The second-order valence-electron chi connectivity index (χ2n) is 4.35. The van der Waals surface area contributed by atoms with Gasteiger partial charge in [0.15, 0.2) is 0 Å². The molecule has 3 heterocycles. The summed E-state index contributed by atoms with van der Waals surface area (Å²) in [6.07, 6.45) is 5.13. The second kappa shape index (κ2) is 5.23. The van der Waals surface area contributed by atoms with Crippen molar-refractivity contribution >= 4 is 12.0 Å². The third-order valence-electron chi connectivity index (χ3n) is 3.13. The van der Waals surface area contributed by atoms with E-state index in [9.17, 15) is 0 Å². The van der Waals surface area contributed by atoms with Gasteiger partial charge >= 0.3 is 0 Å². The molecule has 1 saturated heterocycles. The van der Waals surface area contributed by atoms with E-state index < -0.39 is 0 Å². The molecule has 100 valence electrons. The SMILES string of the molecule is NCc1coc(N2CCN(c3ncccn3)CC2)n1. The first-order chi connectivity index (χ1) is 9.36. The number of nitrogens with two attached hydrogens (primary N) is 1. The van der Waals surface area contributed by atoms with Crippen molar-refractivity contribution in [1.29, 1.82) is 0 Å². The summed E-state index contributed by atoms with van der Waals surface area (Å²) in [6, 6.07) is 2.47. The van der Waals surface area contributed by atoms with Crippen LogP contribution in [0.5, 0.6) is 0 Å². The first kappa shape index (κ1) is 11.9. The molecule has 7 nitrogen and oxygen atoms in total. The molecule has 0 radical (unpaired) electrons. The van der Waals surface area contributed by atoms with Crippen LogP contribution >= 0.6 is 0 Å². The van der Waals surface area contributed by atoms with Crippen LogP contribution < -0.4 is 15.5 Å². The number of hydrogen-bond donors (Lipinski definition) is 1. The van der Waals surface area contributed by atoms with Crippen LogP contribution in [-0.2, 0) is 6.54 Å². The average Bonchev–Trinajstić information content (AvgIpc) is 2.97. The predicted molar refractivity (Wildman–Crippen MR) is 70.9 cm³/mol. The van der Waals surface area contributed by atoms with Gasteiger partial charge in [-0.2, -0.15) is 4.98 Å². The van der Waals surface area contributed by atoms with Crippen molar-refractivity contribution in [1.82, 2.24) is 15.0 Å². The van der Waals surface area contributed by atoms with E-state index in [1.807, 2.05) is 6.07 Å². The fourth-order valence-electron chi connectivity index (χ4n) is 2.09. The van der Waals surface area contributed by atoms with Gasteiger partial charge in [0.25, 0.3) is 6.01 Å². The topological polar surface area (TPSA) is 84.3 Å². The van der Waals surface area contributed by atoms with E-state index in [2.05, 4.69) is 24.8 Å². The summed E-state index contributed by atoms with van der Waals surface area (Å²) in [5.74, 6) is 0.775.